The van der Waals surface area contributed by atoms with Crippen molar-refractivity contribution in [3.8, 4) is 0 Å². The molecule has 0 atom stereocenters. The molecule has 0 unspecified atom stereocenters. The van der Waals surface area contributed by atoms with Crippen LogP contribution in [-0.2, 0) is 12.4 Å². The van der Waals surface area contributed by atoms with Crippen molar-refractivity contribution in [2.45, 2.75) is 12.4 Å². The molecule has 0 spiro atoms. The van der Waals surface area contributed by atoms with Gasteiger partial charge in [-0.1, -0.05) is 18.2 Å². The maximum atomic E-state index is 12.2. The number of hydrogen-bond acceptors (Lipinski definition) is 0. The summed E-state index contributed by atoms with van der Waals surface area (Å²) in [6.07, 6.45) is -9.61. The minimum atomic E-state index is -4.81. The average Bonchev–Trinajstić information content (AvgIpc) is 1.99. The number of alkyl halides is 6. The van der Waals surface area contributed by atoms with Gasteiger partial charge in [0.15, 0.2) is 0 Å². The molecule has 7 heteroatoms. The van der Waals surface area contributed by atoms with Gasteiger partial charge in [-0.05, 0) is 0 Å². The van der Waals surface area contributed by atoms with Gasteiger partial charge in [-0.3, -0.25) is 0 Å². The van der Waals surface area contributed by atoms with Gasteiger partial charge in [0, 0.05) is 11.1 Å². The van der Waals surface area contributed by atoms with Crippen LogP contribution in [0.3, 0.4) is 0 Å². The highest BCUT2D eigenvalue weighted by molar-refractivity contribution is 7.27. The minimum Gasteiger partial charge on any atom is -0.523 e. The van der Waals surface area contributed by atoms with Gasteiger partial charge in [0.1, 0.15) is 0 Å². The van der Waals surface area contributed by atoms with Gasteiger partial charge in [-0.25, -0.2) is 0 Å². The van der Waals surface area contributed by atoms with Crippen molar-refractivity contribution in [3.63, 3.8) is 0 Å². The van der Waals surface area contributed by atoms with Crippen molar-refractivity contribution in [3.05, 3.63) is 29.3 Å². The Balaban J connectivity index is 3.37. The number of benzene rings is 1. The second-order valence-electron chi connectivity index (χ2n) is 2.72. The largest absolute Gasteiger partial charge is 0.523 e. The summed E-state index contributed by atoms with van der Waals surface area (Å²) in [4.78, 5) is 0. The van der Waals surface area contributed by atoms with Crippen LogP contribution in [0.2, 0.25) is 0 Å². The molecule has 0 aromatic heterocycles. The standard InChI is InChI=1S/C8H4F6P/c9-7(10,11)4-2-1-3-5(6(4)15)8(12,13)14/h1-3,15H/q-1. The summed E-state index contributed by atoms with van der Waals surface area (Å²) in [7, 11) is 2.37. The zero-order valence-corrected chi connectivity index (χ0v) is 8.00. The topological polar surface area (TPSA) is 0 Å². The van der Waals surface area contributed by atoms with Gasteiger partial charge in [-0.15, -0.1) is 0 Å². The monoisotopic (exact) mass is 245 g/mol. The van der Waals surface area contributed by atoms with Crippen molar-refractivity contribution in [1.82, 2.24) is 0 Å². The Bertz CT molecular complexity index is 332. The molecule has 0 heterocycles. The van der Waals surface area contributed by atoms with Crippen LogP contribution in [0.5, 0.6) is 0 Å². The van der Waals surface area contributed by atoms with Crippen LogP contribution in [0, 0.1) is 0 Å². The maximum absolute atomic E-state index is 12.2. The van der Waals surface area contributed by atoms with E-state index in [0.29, 0.717) is 12.1 Å². The fourth-order valence-corrected chi connectivity index (χ4v) is 1.47. The summed E-state index contributed by atoms with van der Waals surface area (Å²) in [5.74, 6) is 0. The summed E-state index contributed by atoms with van der Waals surface area (Å²) in [6.45, 7) is 0. The molecule has 0 aliphatic rings. The van der Waals surface area contributed by atoms with E-state index in [-0.39, 0.29) is 0 Å². The van der Waals surface area contributed by atoms with E-state index >= 15 is 0 Å². The van der Waals surface area contributed by atoms with Crippen molar-refractivity contribution >= 4 is 14.5 Å². The molecule has 1 rings (SSSR count). The lowest BCUT2D eigenvalue weighted by atomic mass is 10.1. The molecule has 0 nitrogen and oxygen atoms in total. The van der Waals surface area contributed by atoms with Gasteiger partial charge in [0.2, 0.25) is 0 Å². The van der Waals surface area contributed by atoms with Crippen molar-refractivity contribution < 1.29 is 26.3 Å². The highest BCUT2D eigenvalue weighted by atomic mass is 31.0. The van der Waals surface area contributed by atoms with Crippen molar-refractivity contribution in [2.24, 2.45) is 0 Å². The summed E-state index contributed by atoms with van der Waals surface area (Å²) in [6, 6.07) is 1.88. The van der Waals surface area contributed by atoms with Gasteiger partial charge in [0.25, 0.3) is 0 Å². The summed E-state index contributed by atoms with van der Waals surface area (Å²) >= 11 is 0. The molecule has 0 bridgehead atoms. The second kappa shape index (κ2) is 3.67. The van der Waals surface area contributed by atoms with Gasteiger partial charge in [0.05, 0.1) is 0 Å². The molecule has 0 fully saturated rings. The van der Waals surface area contributed by atoms with Crippen molar-refractivity contribution in [1.29, 1.82) is 0 Å². The van der Waals surface area contributed by atoms with Crippen LogP contribution >= 0.6 is 9.24 Å². The zero-order chi connectivity index (χ0) is 11.9. The van der Waals surface area contributed by atoms with Crippen LogP contribution < -0.4 is 5.30 Å². The van der Waals surface area contributed by atoms with E-state index in [1.807, 2.05) is 0 Å². The fraction of sp³-hybridized carbons (Fsp3) is 0.250. The molecule has 15 heavy (non-hydrogen) atoms. The van der Waals surface area contributed by atoms with Crippen LogP contribution in [0.25, 0.3) is 0 Å². The lowest BCUT2D eigenvalue weighted by Crippen LogP contribution is -2.22. The third-order valence-corrected chi connectivity index (χ3v) is 2.21. The fourth-order valence-electron chi connectivity index (χ4n) is 1.02. The van der Waals surface area contributed by atoms with Crippen LogP contribution in [0.1, 0.15) is 11.1 Å². The number of hydrogen-bond donors (Lipinski definition) is 0. The predicted octanol–water partition coefficient (Wildman–Crippen LogP) is 3.49. The highest BCUT2D eigenvalue weighted by Gasteiger charge is 2.36. The van der Waals surface area contributed by atoms with E-state index in [0.717, 1.165) is 6.07 Å². The molecule has 1 aromatic rings. The zero-order valence-electron chi connectivity index (χ0n) is 7.00. The summed E-state index contributed by atoms with van der Waals surface area (Å²) in [5, 5.41) is -0.988. The molecule has 0 aliphatic heterocycles. The molecule has 0 aliphatic carbocycles. The maximum Gasteiger partial charge on any atom is 0.414 e. The van der Waals surface area contributed by atoms with Crippen LogP contribution in [0.15, 0.2) is 18.2 Å². The van der Waals surface area contributed by atoms with E-state index in [1.165, 1.54) is 0 Å². The lowest BCUT2D eigenvalue weighted by Gasteiger charge is -2.21. The second-order valence-corrected chi connectivity index (χ2v) is 3.22. The third kappa shape index (κ3) is 2.62. The van der Waals surface area contributed by atoms with E-state index in [1.54, 1.807) is 0 Å². The first-order chi connectivity index (χ1) is 6.64. The summed E-state index contributed by atoms with van der Waals surface area (Å²) < 4.78 is 73.3. The first-order valence-corrected chi connectivity index (χ1v) is 4.13. The van der Waals surface area contributed by atoms with Crippen molar-refractivity contribution in [2.75, 3.05) is 0 Å². The quantitative estimate of drug-likeness (QED) is 0.484. The smallest absolute Gasteiger partial charge is 0.414 e. The van der Waals surface area contributed by atoms with Gasteiger partial charge in [-0.2, -0.15) is 31.6 Å². The minimum absolute atomic E-state index is 0.581. The Hall–Kier alpha value is -0.770. The lowest BCUT2D eigenvalue weighted by molar-refractivity contribution is -0.141. The Labute approximate surface area is 83.5 Å². The van der Waals surface area contributed by atoms with E-state index < -0.39 is 28.8 Å². The molecular weight excluding hydrogens is 241 g/mol. The molecule has 1 aromatic carbocycles. The normalized spacial score (nSPS) is 13.0. The first-order valence-electron chi connectivity index (χ1n) is 3.63. The van der Waals surface area contributed by atoms with E-state index in [9.17, 15) is 26.3 Å². The Kier molecular flexibility index (Phi) is 3.01. The SMILES string of the molecule is FC(F)(F)c1cccc(C(F)(F)F)c1[PH-]. The molecule has 0 radical (unpaired) electrons. The van der Waals surface area contributed by atoms with Crippen LogP contribution in [-0.4, -0.2) is 0 Å². The van der Waals surface area contributed by atoms with E-state index in [4.69, 9.17) is 0 Å². The van der Waals surface area contributed by atoms with E-state index in [2.05, 4.69) is 9.24 Å². The molecular formula is C8H4F6P-. The number of halogens is 6. The summed E-state index contributed by atoms with van der Waals surface area (Å²) in [5.41, 5.74) is -2.68. The van der Waals surface area contributed by atoms with Gasteiger partial charge < -0.3 is 9.24 Å². The average molecular weight is 245 g/mol. The molecule has 0 saturated heterocycles. The molecule has 0 saturated carbocycles. The molecule has 0 amide bonds. The van der Waals surface area contributed by atoms with Crippen LogP contribution in [0.4, 0.5) is 26.3 Å². The first kappa shape index (κ1) is 12.3. The predicted molar refractivity (Wildman–Crippen MR) is 44.4 cm³/mol. The molecule has 0 N–H and O–H groups in total. The third-order valence-electron chi connectivity index (χ3n) is 1.68. The van der Waals surface area contributed by atoms with Gasteiger partial charge >= 0.3 is 12.4 Å². The number of rotatable bonds is 0. The Morgan fingerprint density at radius 2 is 1.13 bits per heavy atom. The Morgan fingerprint density at radius 1 is 0.800 bits per heavy atom. The molecule has 84 valence electrons. The highest BCUT2D eigenvalue weighted by Crippen LogP contribution is 2.34. The Morgan fingerprint density at radius 3 is 1.40 bits per heavy atom.